The molecule has 4 nitrogen and oxygen atoms in total. The molecule has 20 heavy (non-hydrogen) atoms. The second kappa shape index (κ2) is 7.16. The summed E-state index contributed by atoms with van der Waals surface area (Å²) in [6, 6.07) is 4.66. The standard InChI is InChI=1S/C14H19Cl2N3O/c15-10-5-6-11(16)12(7-10)18-14(20)19-13(8-17)9-3-1-2-4-9/h5-7,9,13H,1-4,8,17H2,(H2,18,19,20). The molecule has 1 aliphatic rings. The number of carbonyl (C=O) groups excluding carboxylic acids is 1. The number of carbonyl (C=O) groups is 1. The van der Waals surface area contributed by atoms with Gasteiger partial charge in [0.1, 0.15) is 0 Å². The van der Waals surface area contributed by atoms with Crippen LogP contribution in [0.15, 0.2) is 18.2 Å². The van der Waals surface area contributed by atoms with Crippen LogP contribution in [-0.2, 0) is 0 Å². The van der Waals surface area contributed by atoms with Crippen LogP contribution >= 0.6 is 23.2 Å². The summed E-state index contributed by atoms with van der Waals surface area (Å²) in [6.07, 6.45) is 4.68. The van der Waals surface area contributed by atoms with Crippen LogP contribution in [-0.4, -0.2) is 18.6 Å². The van der Waals surface area contributed by atoms with Crippen molar-refractivity contribution in [2.45, 2.75) is 31.7 Å². The normalized spacial score (nSPS) is 16.9. The van der Waals surface area contributed by atoms with Gasteiger partial charge >= 0.3 is 6.03 Å². The first-order valence-electron chi connectivity index (χ1n) is 6.83. The second-order valence-electron chi connectivity index (χ2n) is 5.11. The monoisotopic (exact) mass is 315 g/mol. The Morgan fingerprint density at radius 2 is 2.05 bits per heavy atom. The van der Waals surface area contributed by atoms with Gasteiger partial charge in [0, 0.05) is 17.6 Å². The summed E-state index contributed by atoms with van der Waals surface area (Å²) < 4.78 is 0. The van der Waals surface area contributed by atoms with Crippen LogP contribution in [0.3, 0.4) is 0 Å². The van der Waals surface area contributed by atoms with Crippen molar-refractivity contribution in [3.8, 4) is 0 Å². The molecule has 4 N–H and O–H groups in total. The van der Waals surface area contributed by atoms with Gasteiger partial charge in [0.2, 0.25) is 0 Å². The zero-order valence-electron chi connectivity index (χ0n) is 11.2. The number of nitrogens with one attached hydrogen (secondary N) is 2. The van der Waals surface area contributed by atoms with Gasteiger partial charge in [-0.1, -0.05) is 36.0 Å². The van der Waals surface area contributed by atoms with E-state index in [1.807, 2.05) is 0 Å². The smallest absolute Gasteiger partial charge is 0.319 e. The molecule has 0 bridgehead atoms. The average molecular weight is 316 g/mol. The quantitative estimate of drug-likeness (QED) is 0.794. The molecule has 1 aromatic carbocycles. The van der Waals surface area contributed by atoms with Crippen LogP contribution < -0.4 is 16.4 Å². The first-order valence-corrected chi connectivity index (χ1v) is 7.58. The van der Waals surface area contributed by atoms with E-state index in [4.69, 9.17) is 28.9 Å². The molecule has 2 amide bonds. The minimum absolute atomic E-state index is 0.00968. The molecule has 6 heteroatoms. The number of nitrogens with two attached hydrogens (primary N) is 1. The minimum Gasteiger partial charge on any atom is -0.334 e. The number of urea groups is 1. The van der Waals surface area contributed by atoms with Crippen LogP contribution in [0.5, 0.6) is 0 Å². The van der Waals surface area contributed by atoms with E-state index in [1.165, 1.54) is 12.8 Å². The molecule has 0 heterocycles. The Kier molecular flexibility index (Phi) is 5.52. The summed E-state index contributed by atoms with van der Waals surface area (Å²) in [6.45, 7) is 0.446. The Morgan fingerprint density at radius 1 is 1.35 bits per heavy atom. The van der Waals surface area contributed by atoms with Gasteiger partial charge < -0.3 is 16.4 Å². The van der Waals surface area contributed by atoms with Gasteiger partial charge in [-0.2, -0.15) is 0 Å². The highest BCUT2D eigenvalue weighted by Gasteiger charge is 2.25. The maximum atomic E-state index is 12.0. The lowest BCUT2D eigenvalue weighted by molar-refractivity contribution is 0.243. The Balaban J connectivity index is 1.95. The van der Waals surface area contributed by atoms with E-state index in [-0.39, 0.29) is 12.1 Å². The average Bonchev–Trinajstić information content (AvgIpc) is 2.94. The molecule has 1 saturated carbocycles. The molecule has 0 radical (unpaired) electrons. The summed E-state index contributed by atoms with van der Waals surface area (Å²) in [5.74, 6) is 0.473. The van der Waals surface area contributed by atoms with Crippen molar-refractivity contribution < 1.29 is 4.79 Å². The highest BCUT2D eigenvalue weighted by molar-refractivity contribution is 6.35. The molecule has 110 valence electrons. The fraction of sp³-hybridized carbons (Fsp3) is 0.500. The molecule has 1 unspecified atom stereocenters. The van der Waals surface area contributed by atoms with Gasteiger partial charge in [-0.25, -0.2) is 4.79 Å². The molecule has 1 fully saturated rings. The number of halogens is 2. The fourth-order valence-electron chi connectivity index (χ4n) is 2.65. The Labute approximate surface area is 129 Å². The van der Waals surface area contributed by atoms with E-state index in [0.29, 0.717) is 28.2 Å². The van der Waals surface area contributed by atoms with E-state index in [2.05, 4.69) is 10.6 Å². The van der Waals surface area contributed by atoms with Crippen molar-refractivity contribution in [1.82, 2.24) is 5.32 Å². The van der Waals surface area contributed by atoms with Crippen molar-refractivity contribution in [3.05, 3.63) is 28.2 Å². The summed E-state index contributed by atoms with van der Waals surface area (Å²) in [5.41, 5.74) is 6.26. The van der Waals surface area contributed by atoms with Crippen LogP contribution in [0, 0.1) is 5.92 Å². The van der Waals surface area contributed by atoms with Crippen molar-refractivity contribution in [1.29, 1.82) is 0 Å². The third-order valence-electron chi connectivity index (χ3n) is 3.72. The van der Waals surface area contributed by atoms with Gasteiger partial charge in [0.25, 0.3) is 0 Å². The van der Waals surface area contributed by atoms with E-state index < -0.39 is 0 Å². The molecule has 0 aromatic heterocycles. The first-order chi connectivity index (χ1) is 9.60. The van der Waals surface area contributed by atoms with Crippen molar-refractivity contribution in [2.24, 2.45) is 11.7 Å². The zero-order valence-corrected chi connectivity index (χ0v) is 12.7. The fourth-order valence-corrected chi connectivity index (χ4v) is 2.99. The summed E-state index contributed by atoms with van der Waals surface area (Å²) in [4.78, 5) is 12.0. The van der Waals surface area contributed by atoms with Gasteiger partial charge in [-0.05, 0) is 37.0 Å². The van der Waals surface area contributed by atoms with Crippen molar-refractivity contribution >= 4 is 34.9 Å². The van der Waals surface area contributed by atoms with Crippen molar-refractivity contribution in [2.75, 3.05) is 11.9 Å². The highest BCUT2D eigenvalue weighted by atomic mass is 35.5. The largest absolute Gasteiger partial charge is 0.334 e. The first kappa shape index (κ1) is 15.4. The summed E-state index contributed by atoms with van der Waals surface area (Å²) in [7, 11) is 0. The number of anilines is 1. The number of amides is 2. The third kappa shape index (κ3) is 4.01. The van der Waals surface area contributed by atoms with E-state index in [1.54, 1.807) is 18.2 Å². The Morgan fingerprint density at radius 3 is 2.70 bits per heavy atom. The molecule has 0 saturated heterocycles. The molecule has 2 rings (SSSR count). The van der Waals surface area contributed by atoms with Crippen LogP contribution in [0.1, 0.15) is 25.7 Å². The highest BCUT2D eigenvalue weighted by Crippen LogP contribution is 2.28. The maximum Gasteiger partial charge on any atom is 0.319 e. The SMILES string of the molecule is NCC(NC(=O)Nc1cc(Cl)ccc1Cl)C1CCCC1. The Bertz CT molecular complexity index is 475. The predicted octanol–water partition coefficient (Wildman–Crippen LogP) is 3.63. The zero-order chi connectivity index (χ0) is 14.5. The molecular formula is C14H19Cl2N3O. The number of hydrogen-bond acceptors (Lipinski definition) is 2. The summed E-state index contributed by atoms with van der Waals surface area (Å²) >= 11 is 11.9. The van der Waals surface area contributed by atoms with Gasteiger partial charge in [-0.15, -0.1) is 0 Å². The van der Waals surface area contributed by atoms with Crippen LogP contribution in [0.25, 0.3) is 0 Å². The Hall–Kier alpha value is -0.970. The number of rotatable bonds is 4. The number of benzene rings is 1. The van der Waals surface area contributed by atoms with Gasteiger partial charge in [0.15, 0.2) is 0 Å². The third-order valence-corrected chi connectivity index (χ3v) is 4.28. The summed E-state index contributed by atoms with van der Waals surface area (Å²) in [5, 5.41) is 6.62. The maximum absolute atomic E-state index is 12.0. The molecule has 1 aromatic rings. The number of hydrogen-bond donors (Lipinski definition) is 3. The lowest BCUT2D eigenvalue weighted by Gasteiger charge is -2.23. The van der Waals surface area contributed by atoms with E-state index in [0.717, 1.165) is 12.8 Å². The van der Waals surface area contributed by atoms with Crippen LogP contribution in [0.4, 0.5) is 10.5 Å². The minimum atomic E-state index is -0.295. The second-order valence-corrected chi connectivity index (χ2v) is 5.95. The van der Waals surface area contributed by atoms with Gasteiger partial charge in [0.05, 0.1) is 10.7 Å². The molecular weight excluding hydrogens is 297 g/mol. The van der Waals surface area contributed by atoms with E-state index in [9.17, 15) is 4.79 Å². The molecule has 0 aliphatic heterocycles. The van der Waals surface area contributed by atoms with E-state index >= 15 is 0 Å². The molecule has 1 aliphatic carbocycles. The molecule has 0 spiro atoms. The lowest BCUT2D eigenvalue weighted by atomic mass is 9.98. The predicted molar refractivity (Wildman–Crippen MR) is 83.4 cm³/mol. The topological polar surface area (TPSA) is 67.1 Å². The lowest BCUT2D eigenvalue weighted by Crippen LogP contribution is -2.46. The molecule has 1 atom stereocenters. The van der Waals surface area contributed by atoms with Gasteiger partial charge in [-0.3, -0.25) is 0 Å². The van der Waals surface area contributed by atoms with Crippen LogP contribution in [0.2, 0.25) is 10.0 Å². The van der Waals surface area contributed by atoms with Crippen molar-refractivity contribution in [3.63, 3.8) is 0 Å².